The minimum absolute atomic E-state index is 0.392. The third-order valence-electron chi connectivity index (χ3n) is 6.14. The third-order valence-corrected chi connectivity index (χ3v) is 6.90. The van der Waals surface area contributed by atoms with Crippen LogP contribution in [0.4, 0.5) is 14.3 Å². The highest BCUT2D eigenvalue weighted by Gasteiger charge is 2.49. The molecule has 0 spiro atoms. The van der Waals surface area contributed by atoms with E-state index in [4.69, 9.17) is 0 Å². The van der Waals surface area contributed by atoms with Crippen LogP contribution in [0.15, 0.2) is 47.8 Å². The molecule has 9 heteroatoms. The standard InChI is InChI=1S/C24H21FN4O3S/c1-24(17-7-9-18(25)10-8-17)21(31)29(23(32)28-24)12-20(30)27-22-26-19(13-33-22)16-6-5-14-3-2-4-15(14)11-16/h5-11,13H,2-4,12H2,1H3,(H,28,32)(H,26,27,30). The van der Waals surface area contributed by atoms with Gasteiger partial charge < -0.3 is 10.6 Å². The van der Waals surface area contributed by atoms with Crippen molar-refractivity contribution in [3.63, 3.8) is 0 Å². The lowest BCUT2D eigenvalue weighted by Crippen LogP contribution is -2.42. The number of fused-ring (bicyclic) bond motifs is 1. The first-order valence-electron chi connectivity index (χ1n) is 10.6. The van der Waals surface area contributed by atoms with Gasteiger partial charge in [-0.1, -0.05) is 24.3 Å². The molecular weight excluding hydrogens is 443 g/mol. The van der Waals surface area contributed by atoms with E-state index >= 15 is 0 Å². The molecule has 2 aromatic carbocycles. The van der Waals surface area contributed by atoms with Crippen molar-refractivity contribution in [3.8, 4) is 11.3 Å². The molecule has 1 aromatic heterocycles. The quantitative estimate of drug-likeness (QED) is 0.562. The largest absolute Gasteiger partial charge is 0.325 e. The zero-order valence-corrected chi connectivity index (χ0v) is 18.7. The second-order valence-electron chi connectivity index (χ2n) is 8.38. The van der Waals surface area contributed by atoms with Crippen LogP contribution in [0.1, 0.15) is 30.0 Å². The molecule has 1 fully saturated rings. The summed E-state index contributed by atoms with van der Waals surface area (Å²) in [4.78, 5) is 43.3. The highest BCUT2D eigenvalue weighted by Crippen LogP contribution is 2.31. The number of nitrogens with zero attached hydrogens (tertiary/aromatic N) is 2. The van der Waals surface area contributed by atoms with Crippen molar-refractivity contribution in [1.29, 1.82) is 0 Å². The fourth-order valence-electron chi connectivity index (χ4n) is 4.32. The summed E-state index contributed by atoms with van der Waals surface area (Å²) in [7, 11) is 0. The van der Waals surface area contributed by atoms with Crippen molar-refractivity contribution in [1.82, 2.24) is 15.2 Å². The molecule has 2 N–H and O–H groups in total. The Morgan fingerprint density at radius 3 is 2.73 bits per heavy atom. The summed E-state index contributed by atoms with van der Waals surface area (Å²) in [5.74, 6) is -1.55. The van der Waals surface area contributed by atoms with Gasteiger partial charge in [0, 0.05) is 10.9 Å². The summed E-state index contributed by atoms with van der Waals surface area (Å²) in [6, 6.07) is 10.9. The minimum Gasteiger partial charge on any atom is -0.319 e. The first kappa shape index (κ1) is 21.3. The van der Waals surface area contributed by atoms with Gasteiger partial charge in [0.15, 0.2) is 5.13 Å². The lowest BCUT2D eigenvalue weighted by atomic mass is 9.92. The molecule has 7 nitrogen and oxygen atoms in total. The second kappa shape index (κ2) is 8.08. The highest BCUT2D eigenvalue weighted by atomic mass is 32.1. The molecule has 0 radical (unpaired) electrons. The summed E-state index contributed by atoms with van der Waals surface area (Å²) < 4.78 is 13.3. The smallest absolute Gasteiger partial charge is 0.319 e. The predicted octanol–water partition coefficient (Wildman–Crippen LogP) is 3.84. The molecule has 33 heavy (non-hydrogen) atoms. The van der Waals surface area contributed by atoms with Gasteiger partial charge in [0.1, 0.15) is 17.9 Å². The van der Waals surface area contributed by atoms with E-state index in [-0.39, 0.29) is 0 Å². The summed E-state index contributed by atoms with van der Waals surface area (Å²) in [6.07, 6.45) is 3.34. The summed E-state index contributed by atoms with van der Waals surface area (Å²) in [5.41, 5.74) is 3.55. The highest BCUT2D eigenvalue weighted by molar-refractivity contribution is 7.14. The zero-order chi connectivity index (χ0) is 23.2. The number of thiazole rings is 1. The van der Waals surface area contributed by atoms with Gasteiger partial charge in [-0.15, -0.1) is 11.3 Å². The number of aryl methyl sites for hydroxylation is 2. The van der Waals surface area contributed by atoms with E-state index in [9.17, 15) is 18.8 Å². The van der Waals surface area contributed by atoms with Gasteiger partial charge in [-0.05, 0) is 61.1 Å². The number of rotatable bonds is 5. The summed E-state index contributed by atoms with van der Waals surface area (Å²) >= 11 is 1.28. The van der Waals surface area contributed by atoms with E-state index in [1.165, 1.54) is 60.1 Å². The van der Waals surface area contributed by atoms with Crippen molar-refractivity contribution in [2.24, 2.45) is 0 Å². The molecule has 0 bridgehead atoms. The van der Waals surface area contributed by atoms with E-state index in [1.807, 2.05) is 11.4 Å². The van der Waals surface area contributed by atoms with E-state index in [0.29, 0.717) is 10.7 Å². The molecule has 1 unspecified atom stereocenters. The number of aromatic nitrogens is 1. The van der Waals surface area contributed by atoms with Crippen LogP contribution in [0.25, 0.3) is 11.3 Å². The van der Waals surface area contributed by atoms with Gasteiger partial charge in [0.25, 0.3) is 5.91 Å². The van der Waals surface area contributed by atoms with Crippen LogP contribution in [0.3, 0.4) is 0 Å². The van der Waals surface area contributed by atoms with Crippen LogP contribution in [-0.2, 0) is 28.0 Å². The summed E-state index contributed by atoms with van der Waals surface area (Å²) in [5, 5.41) is 7.53. The molecule has 2 heterocycles. The predicted molar refractivity (Wildman–Crippen MR) is 122 cm³/mol. The number of amides is 4. The second-order valence-corrected chi connectivity index (χ2v) is 9.23. The molecule has 4 amide bonds. The van der Waals surface area contributed by atoms with Gasteiger partial charge in [0.2, 0.25) is 5.91 Å². The number of carbonyl (C=O) groups is 3. The van der Waals surface area contributed by atoms with Crippen LogP contribution in [-0.4, -0.2) is 34.3 Å². The molecule has 1 aliphatic carbocycles. The van der Waals surface area contributed by atoms with E-state index in [2.05, 4.69) is 27.8 Å². The molecule has 3 aromatic rings. The number of imide groups is 1. The molecule has 5 rings (SSSR count). The minimum atomic E-state index is -1.37. The number of anilines is 1. The Bertz CT molecular complexity index is 1270. The topological polar surface area (TPSA) is 91.4 Å². The van der Waals surface area contributed by atoms with Crippen molar-refractivity contribution in [2.75, 3.05) is 11.9 Å². The molecule has 1 saturated heterocycles. The lowest BCUT2D eigenvalue weighted by molar-refractivity contribution is -0.133. The van der Waals surface area contributed by atoms with Crippen LogP contribution in [0.2, 0.25) is 0 Å². The molecule has 168 valence electrons. The molecule has 2 aliphatic rings. The first-order chi connectivity index (χ1) is 15.8. The van der Waals surface area contributed by atoms with Gasteiger partial charge in [-0.2, -0.15) is 0 Å². The van der Waals surface area contributed by atoms with Gasteiger partial charge >= 0.3 is 6.03 Å². The Morgan fingerprint density at radius 2 is 1.94 bits per heavy atom. The molecule has 1 aliphatic heterocycles. The van der Waals surface area contributed by atoms with E-state index < -0.39 is 35.7 Å². The number of hydrogen-bond donors (Lipinski definition) is 2. The fraction of sp³-hybridized carbons (Fsp3) is 0.250. The fourth-order valence-corrected chi connectivity index (χ4v) is 5.05. The SMILES string of the molecule is CC1(c2ccc(F)cc2)NC(=O)N(CC(=O)Nc2nc(-c3ccc4c(c3)CCC4)cs2)C1=O. The van der Waals surface area contributed by atoms with Gasteiger partial charge in [0.05, 0.1) is 5.69 Å². The maximum absolute atomic E-state index is 13.3. The van der Waals surface area contributed by atoms with E-state index in [1.54, 1.807) is 0 Å². The maximum Gasteiger partial charge on any atom is 0.325 e. The van der Waals surface area contributed by atoms with Crippen LogP contribution in [0.5, 0.6) is 0 Å². The van der Waals surface area contributed by atoms with Crippen molar-refractivity contribution >= 4 is 34.3 Å². The Hall–Kier alpha value is -3.59. The maximum atomic E-state index is 13.3. The van der Waals surface area contributed by atoms with Crippen LogP contribution >= 0.6 is 11.3 Å². The third kappa shape index (κ3) is 3.89. The van der Waals surface area contributed by atoms with Gasteiger partial charge in [-0.3, -0.25) is 14.5 Å². The zero-order valence-electron chi connectivity index (χ0n) is 17.9. The Kier molecular flexibility index (Phi) is 5.20. The van der Waals surface area contributed by atoms with Crippen molar-refractivity contribution < 1.29 is 18.8 Å². The molecule has 1 atom stereocenters. The average Bonchev–Trinajstić information content (AvgIpc) is 3.50. The number of nitrogens with one attached hydrogen (secondary N) is 2. The van der Waals surface area contributed by atoms with Gasteiger partial charge in [-0.25, -0.2) is 14.2 Å². The monoisotopic (exact) mass is 464 g/mol. The van der Waals surface area contributed by atoms with Crippen molar-refractivity contribution in [3.05, 3.63) is 70.4 Å². The number of halogens is 1. The normalized spacial score (nSPS) is 19.5. The number of carbonyl (C=O) groups excluding carboxylic acids is 3. The Balaban J connectivity index is 1.26. The number of benzene rings is 2. The number of hydrogen-bond acceptors (Lipinski definition) is 5. The van der Waals surface area contributed by atoms with E-state index in [0.717, 1.165) is 29.0 Å². The van der Waals surface area contributed by atoms with Crippen LogP contribution < -0.4 is 10.6 Å². The Morgan fingerprint density at radius 1 is 1.18 bits per heavy atom. The summed E-state index contributed by atoms with van der Waals surface area (Å²) in [6.45, 7) is 1.08. The molecular formula is C24H21FN4O3S. The lowest BCUT2D eigenvalue weighted by Gasteiger charge is -2.22. The van der Waals surface area contributed by atoms with Crippen LogP contribution in [0, 0.1) is 5.82 Å². The average molecular weight is 465 g/mol. The molecule has 0 saturated carbocycles. The number of urea groups is 1. The first-order valence-corrected chi connectivity index (χ1v) is 11.5. The Labute approximate surface area is 193 Å². The van der Waals surface area contributed by atoms with Crippen molar-refractivity contribution in [2.45, 2.75) is 31.7 Å².